The van der Waals surface area contributed by atoms with Gasteiger partial charge in [-0.25, -0.2) is 4.39 Å². The number of aryl methyl sites for hydroxylation is 1. The van der Waals surface area contributed by atoms with Crippen molar-refractivity contribution in [1.29, 1.82) is 0 Å². The molecule has 0 bridgehead atoms. The van der Waals surface area contributed by atoms with E-state index in [1.54, 1.807) is 12.1 Å². The largest absolute Gasteiger partial charge is 0.317 e. The standard InChI is InChI=1S/C14H21ClFN/c1-10(2)8-13(17-3)7-5-11-4-6-12(15)9-14(11)16/h4,6,9-10,13,17H,5,7-8H2,1-3H3. The number of hydrogen-bond donors (Lipinski definition) is 1. The van der Waals surface area contributed by atoms with Crippen LogP contribution in [-0.2, 0) is 6.42 Å². The van der Waals surface area contributed by atoms with Gasteiger partial charge >= 0.3 is 0 Å². The van der Waals surface area contributed by atoms with Gasteiger partial charge in [-0.05, 0) is 49.9 Å². The molecule has 0 saturated carbocycles. The SMILES string of the molecule is CNC(CCc1ccc(Cl)cc1F)CC(C)C. The van der Waals surface area contributed by atoms with Gasteiger partial charge in [0.2, 0.25) is 0 Å². The number of halogens is 2. The average Bonchev–Trinajstić information content (AvgIpc) is 2.25. The molecule has 3 heteroatoms. The van der Waals surface area contributed by atoms with Gasteiger partial charge in [0.05, 0.1) is 0 Å². The van der Waals surface area contributed by atoms with Gasteiger partial charge in [0.1, 0.15) is 5.82 Å². The molecule has 1 nitrogen and oxygen atoms in total. The molecule has 0 spiro atoms. The summed E-state index contributed by atoms with van der Waals surface area (Å²) in [4.78, 5) is 0. The van der Waals surface area contributed by atoms with E-state index in [1.165, 1.54) is 6.07 Å². The lowest BCUT2D eigenvalue weighted by Crippen LogP contribution is -2.27. The Morgan fingerprint density at radius 2 is 2.06 bits per heavy atom. The Morgan fingerprint density at radius 1 is 1.35 bits per heavy atom. The van der Waals surface area contributed by atoms with Crippen molar-refractivity contribution in [3.05, 3.63) is 34.6 Å². The van der Waals surface area contributed by atoms with Crippen LogP contribution in [0.4, 0.5) is 4.39 Å². The summed E-state index contributed by atoms with van der Waals surface area (Å²) in [5, 5.41) is 3.74. The Bertz CT molecular complexity index is 352. The molecular weight excluding hydrogens is 237 g/mol. The molecule has 0 radical (unpaired) electrons. The van der Waals surface area contributed by atoms with Crippen LogP contribution in [0.1, 0.15) is 32.3 Å². The first-order valence-electron chi connectivity index (χ1n) is 6.14. The number of nitrogens with one attached hydrogen (secondary N) is 1. The Morgan fingerprint density at radius 3 is 2.59 bits per heavy atom. The molecule has 1 atom stereocenters. The van der Waals surface area contributed by atoms with Crippen molar-refractivity contribution in [2.24, 2.45) is 5.92 Å². The second-order valence-corrected chi connectivity index (χ2v) is 5.33. The van der Waals surface area contributed by atoms with E-state index in [4.69, 9.17) is 11.6 Å². The third kappa shape index (κ3) is 5.05. The van der Waals surface area contributed by atoms with E-state index in [-0.39, 0.29) is 5.82 Å². The van der Waals surface area contributed by atoms with Crippen molar-refractivity contribution in [3.63, 3.8) is 0 Å². The summed E-state index contributed by atoms with van der Waals surface area (Å²) < 4.78 is 13.6. The van der Waals surface area contributed by atoms with E-state index in [9.17, 15) is 4.39 Å². The Labute approximate surface area is 108 Å². The first-order chi connectivity index (χ1) is 8.02. The first-order valence-corrected chi connectivity index (χ1v) is 6.52. The second kappa shape index (κ2) is 6.97. The molecule has 1 rings (SSSR count). The minimum Gasteiger partial charge on any atom is -0.317 e. The molecule has 0 saturated heterocycles. The maximum absolute atomic E-state index is 13.6. The predicted octanol–water partition coefficient (Wildman–Crippen LogP) is 4.05. The maximum Gasteiger partial charge on any atom is 0.127 e. The van der Waals surface area contributed by atoms with Crippen molar-refractivity contribution in [2.75, 3.05) is 7.05 Å². The Balaban J connectivity index is 2.53. The van der Waals surface area contributed by atoms with Crippen LogP contribution in [0.3, 0.4) is 0 Å². The zero-order chi connectivity index (χ0) is 12.8. The van der Waals surface area contributed by atoms with Gasteiger partial charge in [-0.1, -0.05) is 31.5 Å². The van der Waals surface area contributed by atoms with E-state index < -0.39 is 0 Å². The number of hydrogen-bond acceptors (Lipinski definition) is 1. The van der Waals surface area contributed by atoms with Gasteiger partial charge < -0.3 is 5.32 Å². The molecule has 0 amide bonds. The van der Waals surface area contributed by atoms with Crippen molar-refractivity contribution in [2.45, 2.75) is 39.2 Å². The minimum atomic E-state index is -0.197. The lowest BCUT2D eigenvalue weighted by Gasteiger charge is -2.18. The predicted molar refractivity (Wildman–Crippen MR) is 72.0 cm³/mol. The van der Waals surface area contributed by atoms with Gasteiger partial charge in [0.15, 0.2) is 0 Å². The van der Waals surface area contributed by atoms with Gasteiger partial charge in [-0.3, -0.25) is 0 Å². The molecule has 1 N–H and O–H groups in total. The van der Waals surface area contributed by atoms with Crippen molar-refractivity contribution in [1.82, 2.24) is 5.32 Å². The fourth-order valence-corrected chi connectivity index (χ4v) is 2.16. The van der Waals surface area contributed by atoms with Crippen LogP contribution < -0.4 is 5.32 Å². The van der Waals surface area contributed by atoms with Crippen LogP contribution in [0.15, 0.2) is 18.2 Å². The highest BCUT2D eigenvalue weighted by molar-refractivity contribution is 6.30. The lowest BCUT2D eigenvalue weighted by atomic mass is 9.97. The van der Waals surface area contributed by atoms with Crippen LogP contribution in [0.5, 0.6) is 0 Å². The summed E-state index contributed by atoms with van der Waals surface area (Å²) in [7, 11) is 1.96. The number of rotatable bonds is 6. The van der Waals surface area contributed by atoms with Gasteiger partial charge in [0.25, 0.3) is 0 Å². The quantitative estimate of drug-likeness (QED) is 0.811. The van der Waals surface area contributed by atoms with Crippen molar-refractivity contribution >= 4 is 11.6 Å². The van der Waals surface area contributed by atoms with Crippen LogP contribution in [0, 0.1) is 11.7 Å². The maximum atomic E-state index is 13.6. The summed E-state index contributed by atoms with van der Waals surface area (Å²) in [6.45, 7) is 4.40. The van der Waals surface area contributed by atoms with E-state index in [2.05, 4.69) is 19.2 Å². The van der Waals surface area contributed by atoms with Gasteiger partial charge in [0, 0.05) is 11.1 Å². The Kier molecular flexibility index (Phi) is 5.93. The van der Waals surface area contributed by atoms with Crippen LogP contribution >= 0.6 is 11.6 Å². The topological polar surface area (TPSA) is 12.0 Å². The van der Waals surface area contributed by atoms with Crippen LogP contribution in [-0.4, -0.2) is 13.1 Å². The summed E-state index contributed by atoms with van der Waals surface area (Å²) in [6, 6.07) is 5.36. The molecule has 1 aromatic carbocycles. The molecule has 96 valence electrons. The fraction of sp³-hybridized carbons (Fsp3) is 0.571. The highest BCUT2D eigenvalue weighted by atomic mass is 35.5. The van der Waals surface area contributed by atoms with Crippen LogP contribution in [0.2, 0.25) is 5.02 Å². The molecule has 0 fully saturated rings. The summed E-state index contributed by atoms with van der Waals surface area (Å²) in [5.41, 5.74) is 0.749. The third-order valence-electron chi connectivity index (χ3n) is 2.94. The Hall–Kier alpha value is -0.600. The monoisotopic (exact) mass is 257 g/mol. The molecule has 1 unspecified atom stereocenters. The van der Waals surface area contributed by atoms with E-state index >= 15 is 0 Å². The summed E-state index contributed by atoms with van der Waals surface area (Å²) in [5.74, 6) is 0.458. The van der Waals surface area contributed by atoms with Crippen molar-refractivity contribution in [3.8, 4) is 0 Å². The average molecular weight is 258 g/mol. The highest BCUT2D eigenvalue weighted by Gasteiger charge is 2.10. The zero-order valence-corrected chi connectivity index (χ0v) is 11.5. The summed E-state index contributed by atoms with van der Waals surface area (Å²) in [6.07, 6.45) is 2.82. The third-order valence-corrected chi connectivity index (χ3v) is 3.18. The van der Waals surface area contributed by atoms with Gasteiger partial charge in [-0.15, -0.1) is 0 Å². The first kappa shape index (κ1) is 14.5. The molecule has 0 aliphatic rings. The van der Waals surface area contributed by atoms with E-state index in [0.717, 1.165) is 24.8 Å². The normalized spacial score (nSPS) is 13.1. The van der Waals surface area contributed by atoms with Gasteiger partial charge in [-0.2, -0.15) is 0 Å². The van der Waals surface area contributed by atoms with Crippen molar-refractivity contribution < 1.29 is 4.39 Å². The molecule has 0 aromatic heterocycles. The highest BCUT2D eigenvalue weighted by Crippen LogP contribution is 2.17. The summed E-state index contributed by atoms with van der Waals surface area (Å²) >= 11 is 5.72. The molecule has 17 heavy (non-hydrogen) atoms. The molecule has 0 heterocycles. The fourth-order valence-electron chi connectivity index (χ4n) is 2.00. The molecule has 0 aliphatic heterocycles. The second-order valence-electron chi connectivity index (χ2n) is 4.89. The molecule has 0 aliphatic carbocycles. The zero-order valence-electron chi connectivity index (χ0n) is 10.8. The van der Waals surface area contributed by atoms with E-state index in [0.29, 0.717) is 17.0 Å². The van der Waals surface area contributed by atoms with E-state index in [1.807, 2.05) is 7.05 Å². The molecular formula is C14H21ClFN. The van der Waals surface area contributed by atoms with Crippen LogP contribution in [0.25, 0.3) is 0 Å². The minimum absolute atomic E-state index is 0.197. The smallest absolute Gasteiger partial charge is 0.127 e. The lowest BCUT2D eigenvalue weighted by molar-refractivity contribution is 0.419. The molecule has 1 aromatic rings. The number of benzene rings is 1.